The summed E-state index contributed by atoms with van der Waals surface area (Å²) >= 11 is 0. The number of benzene rings is 2. The van der Waals surface area contributed by atoms with Crippen molar-refractivity contribution in [3.05, 3.63) is 71.5 Å². The average molecular weight is 473 g/mol. The maximum absolute atomic E-state index is 11.9. The highest BCUT2D eigenvalue weighted by molar-refractivity contribution is 5.97. The number of carbonyl (C=O) groups is 1. The van der Waals surface area contributed by atoms with E-state index in [-0.39, 0.29) is 0 Å². The van der Waals surface area contributed by atoms with Gasteiger partial charge in [-0.15, -0.1) is 0 Å². The van der Waals surface area contributed by atoms with E-state index in [1.54, 1.807) is 12.1 Å². The van der Waals surface area contributed by atoms with Gasteiger partial charge in [-0.05, 0) is 59.6 Å². The monoisotopic (exact) mass is 472 g/mol. The Balaban J connectivity index is 1.70. The Morgan fingerprint density at radius 1 is 0.829 bits per heavy atom. The minimum absolute atomic E-state index is 0.291. The molecular formula is C31H40N2O2. The summed E-state index contributed by atoms with van der Waals surface area (Å²) in [5.41, 5.74) is 5.14. The molecule has 0 aliphatic carbocycles. The van der Waals surface area contributed by atoms with Gasteiger partial charge in [0.15, 0.2) is 5.82 Å². The van der Waals surface area contributed by atoms with E-state index in [1.807, 2.05) is 30.6 Å². The maximum Gasteiger partial charge on any atom is 0.336 e. The first-order chi connectivity index (χ1) is 17.0. The third kappa shape index (κ3) is 8.02. The van der Waals surface area contributed by atoms with Gasteiger partial charge in [-0.3, -0.25) is 0 Å². The SMILES string of the molecule is CCCCCCCCCc1cnc(-c2ccc(C(=O)O)c(-c3ccc(CC(C)CC)cc3)c2)nc1. The van der Waals surface area contributed by atoms with Crippen LogP contribution < -0.4 is 0 Å². The number of hydrogen-bond acceptors (Lipinski definition) is 3. The van der Waals surface area contributed by atoms with Crippen LogP contribution in [0.3, 0.4) is 0 Å². The summed E-state index contributed by atoms with van der Waals surface area (Å²) < 4.78 is 0. The molecule has 1 unspecified atom stereocenters. The lowest BCUT2D eigenvalue weighted by atomic mass is 9.94. The van der Waals surface area contributed by atoms with E-state index >= 15 is 0 Å². The summed E-state index contributed by atoms with van der Waals surface area (Å²) in [4.78, 5) is 21.1. The third-order valence-electron chi connectivity index (χ3n) is 6.83. The van der Waals surface area contributed by atoms with Crippen molar-refractivity contribution >= 4 is 5.97 Å². The van der Waals surface area contributed by atoms with Gasteiger partial charge in [-0.25, -0.2) is 14.8 Å². The topological polar surface area (TPSA) is 63.1 Å². The Morgan fingerprint density at radius 2 is 1.46 bits per heavy atom. The van der Waals surface area contributed by atoms with Crippen LogP contribution in [0, 0.1) is 5.92 Å². The van der Waals surface area contributed by atoms with Crippen LogP contribution in [0.2, 0.25) is 0 Å². The minimum Gasteiger partial charge on any atom is -0.478 e. The molecule has 4 nitrogen and oxygen atoms in total. The standard InChI is InChI=1S/C31H40N2O2/c1-4-6-7-8-9-10-11-12-25-21-32-30(33-22-25)27-17-18-28(31(34)35)29(20-27)26-15-13-24(14-16-26)19-23(3)5-2/h13-18,20-23H,4-12,19H2,1-3H3,(H,34,35). The molecule has 2 aromatic carbocycles. The molecule has 1 aromatic heterocycles. The molecule has 1 heterocycles. The van der Waals surface area contributed by atoms with Crippen LogP contribution in [0.4, 0.5) is 0 Å². The summed E-state index contributed by atoms with van der Waals surface area (Å²) in [7, 11) is 0. The highest BCUT2D eigenvalue weighted by Gasteiger charge is 2.14. The summed E-state index contributed by atoms with van der Waals surface area (Å²) in [6.45, 7) is 6.70. The molecule has 0 aliphatic rings. The summed E-state index contributed by atoms with van der Waals surface area (Å²) in [5.74, 6) is 0.325. The quantitative estimate of drug-likeness (QED) is 0.239. The van der Waals surface area contributed by atoms with Gasteiger partial charge >= 0.3 is 5.97 Å². The molecule has 4 heteroatoms. The van der Waals surface area contributed by atoms with Crippen LogP contribution in [0.15, 0.2) is 54.9 Å². The van der Waals surface area contributed by atoms with E-state index in [0.717, 1.165) is 36.0 Å². The molecule has 35 heavy (non-hydrogen) atoms. The molecular weight excluding hydrogens is 432 g/mol. The summed E-state index contributed by atoms with van der Waals surface area (Å²) in [6, 6.07) is 13.6. The lowest BCUT2D eigenvalue weighted by Crippen LogP contribution is -2.01. The van der Waals surface area contributed by atoms with Gasteiger partial charge in [0, 0.05) is 18.0 Å². The van der Waals surface area contributed by atoms with Crippen LogP contribution in [-0.2, 0) is 12.8 Å². The van der Waals surface area contributed by atoms with E-state index in [2.05, 4.69) is 42.9 Å². The van der Waals surface area contributed by atoms with E-state index in [4.69, 9.17) is 0 Å². The first-order valence-corrected chi connectivity index (χ1v) is 13.3. The molecule has 0 radical (unpaired) electrons. The maximum atomic E-state index is 11.9. The molecule has 0 saturated heterocycles. The summed E-state index contributed by atoms with van der Waals surface area (Å²) in [5, 5.41) is 9.76. The number of nitrogens with zero attached hydrogens (tertiary/aromatic N) is 2. The van der Waals surface area contributed by atoms with Crippen molar-refractivity contribution in [1.82, 2.24) is 9.97 Å². The fraction of sp³-hybridized carbons (Fsp3) is 0.452. The second-order valence-corrected chi connectivity index (χ2v) is 9.77. The highest BCUT2D eigenvalue weighted by atomic mass is 16.4. The number of unbranched alkanes of at least 4 members (excludes halogenated alkanes) is 6. The summed E-state index contributed by atoms with van der Waals surface area (Å²) in [6.07, 6.45) is 16.0. The van der Waals surface area contributed by atoms with Crippen molar-refractivity contribution in [2.45, 2.75) is 85.0 Å². The smallest absolute Gasteiger partial charge is 0.336 e. The van der Waals surface area contributed by atoms with Crippen molar-refractivity contribution in [2.75, 3.05) is 0 Å². The zero-order valence-corrected chi connectivity index (χ0v) is 21.6. The van der Waals surface area contributed by atoms with Gasteiger partial charge in [-0.1, -0.05) is 96.0 Å². The molecule has 0 saturated carbocycles. The Labute approximate surface area is 210 Å². The number of carboxylic acid groups (broad SMARTS) is 1. The lowest BCUT2D eigenvalue weighted by Gasteiger charge is -2.12. The molecule has 0 fully saturated rings. The van der Waals surface area contributed by atoms with Crippen molar-refractivity contribution in [1.29, 1.82) is 0 Å². The number of aromatic carboxylic acids is 1. The number of rotatable bonds is 14. The highest BCUT2D eigenvalue weighted by Crippen LogP contribution is 2.29. The molecule has 0 amide bonds. The first-order valence-electron chi connectivity index (χ1n) is 13.3. The van der Waals surface area contributed by atoms with Gasteiger partial charge in [-0.2, -0.15) is 0 Å². The Bertz CT molecular complexity index is 1060. The molecule has 0 spiro atoms. The number of aryl methyl sites for hydroxylation is 1. The van der Waals surface area contributed by atoms with Gasteiger partial charge in [0.1, 0.15) is 0 Å². The average Bonchev–Trinajstić information content (AvgIpc) is 2.88. The van der Waals surface area contributed by atoms with Gasteiger partial charge < -0.3 is 5.11 Å². The second-order valence-electron chi connectivity index (χ2n) is 9.77. The lowest BCUT2D eigenvalue weighted by molar-refractivity contribution is 0.0697. The molecule has 1 N–H and O–H groups in total. The zero-order valence-electron chi connectivity index (χ0n) is 21.6. The fourth-order valence-corrected chi connectivity index (χ4v) is 4.39. The molecule has 0 bridgehead atoms. The predicted molar refractivity (Wildman–Crippen MR) is 145 cm³/mol. The van der Waals surface area contributed by atoms with Crippen LogP contribution in [-0.4, -0.2) is 21.0 Å². The molecule has 3 rings (SSSR count). The fourth-order valence-electron chi connectivity index (χ4n) is 4.39. The molecule has 1 atom stereocenters. The van der Waals surface area contributed by atoms with Crippen LogP contribution in [0.1, 0.15) is 93.6 Å². The Morgan fingerprint density at radius 3 is 2.09 bits per heavy atom. The number of aromatic nitrogens is 2. The molecule has 3 aromatic rings. The number of hydrogen-bond donors (Lipinski definition) is 1. The van der Waals surface area contributed by atoms with Crippen LogP contribution >= 0.6 is 0 Å². The minimum atomic E-state index is -0.929. The van der Waals surface area contributed by atoms with Gasteiger partial charge in [0.25, 0.3) is 0 Å². The van der Waals surface area contributed by atoms with Gasteiger partial charge in [0.05, 0.1) is 5.56 Å². The predicted octanol–water partition coefficient (Wildman–Crippen LogP) is 8.39. The van der Waals surface area contributed by atoms with E-state index in [0.29, 0.717) is 22.9 Å². The Hall–Kier alpha value is -3.01. The van der Waals surface area contributed by atoms with Crippen LogP contribution in [0.5, 0.6) is 0 Å². The molecule has 0 aliphatic heterocycles. The van der Waals surface area contributed by atoms with Crippen molar-refractivity contribution in [3.8, 4) is 22.5 Å². The van der Waals surface area contributed by atoms with Gasteiger partial charge in [0.2, 0.25) is 0 Å². The van der Waals surface area contributed by atoms with E-state index < -0.39 is 5.97 Å². The number of carboxylic acids is 1. The Kier molecular flexibility index (Phi) is 10.5. The van der Waals surface area contributed by atoms with Crippen molar-refractivity contribution in [3.63, 3.8) is 0 Å². The van der Waals surface area contributed by atoms with Crippen LogP contribution in [0.25, 0.3) is 22.5 Å². The molecule has 186 valence electrons. The third-order valence-corrected chi connectivity index (χ3v) is 6.83. The van der Waals surface area contributed by atoms with E-state index in [1.165, 1.54) is 50.5 Å². The van der Waals surface area contributed by atoms with Crippen molar-refractivity contribution in [2.24, 2.45) is 5.92 Å². The largest absolute Gasteiger partial charge is 0.478 e. The normalized spacial score (nSPS) is 12.0. The van der Waals surface area contributed by atoms with E-state index in [9.17, 15) is 9.90 Å². The zero-order chi connectivity index (χ0) is 25.0. The second kappa shape index (κ2) is 13.8. The first kappa shape index (κ1) is 26.6. The van der Waals surface area contributed by atoms with Crippen molar-refractivity contribution < 1.29 is 9.90 Å².